The van der Waals surface area contributed by atoms with Gasteiger partial charge in [-0.3, -0.25) is 4.79 Å². The van der Waals surface area contributed by atoms with Gasteiger partial charge in [0.05, 0.1) is 29.8 Å². The Hall–Kier alpha value is -0.650. The minimum atomic E-state index is -1.11. The average Bonchev–Trinajstić information content (AvgIpc) is 3.74. The Labute approximate surface area is 223 Å². The van der Waals surface area contributed by atoms with Gasteiger partial charge in [-0.05, 0) is 136 Å². The first-order chi connectivity index (χ1) is 17.3. The molecule has 2 spiro atoms. The van der Waals surface area contributed by atoms with Crippen molar-refractivity contribution in [3.05, 3.63) is 0 Å². The second-order valence-corrected chi connectivity index (χ2v) is 16.1. The molecule has 7 rings (SSSR count). The van der Waals surface area contributed by atoms with Crippen molar-refractivity contribution >= 4 is 5.97 Å². The maximum absolute atomic E-state index is 12.6. The number of esters is 1. The highest BCUT2D eigenvalue weighted by atomic mass is 16.6. The van der Waals surface area contributed by atoms with Gasteiger partial charge in [-0.15, -0.1) is 0 Å². The number of aliphatic hydroxyl groups excluding tert-OH is 1. The SMILES string of the molecule is CC12CCC34C[C@@]35CC[C@H](O)C(C)(C)C5CCC4C1CC1OC([C@H](OC(=O)C3CC3)C(C)(C)O)CCC12. The van der Waals surface area contributed by atoms with E-state index in [0.717, 1.165) is 44.4 Å². The number of fused-ring (bicyclic) bond motifs is 4. The summed E-state index contributed by atoms with van der Waals surface area (Å²) in [6.45, 7) is 10.8. The van der Waals surface area contributed by atoms with Crippen LogP contribution in [0.25, 0.3) is 0 Å². The predicted molar refractivity (Wildman–Crippen MR) is 140 cm³/mol. The molecule has 6 aliphatic carbocycles. The molecule has 5 heteroatoms. The molecule has 6 saturated carbocycles. The van der Waals surface area contributed by atoms with E-state index >= 15 is 0 Å². The van der Waals surface area contributed by atoms with Crippen molar-refractivity contribution in [3.8, 4) is 0 Å². The summed E-state index contributed by atoms with van der Waals surface area (Å²) < 4.78 is 12.8. The van der Waals surface area contributed by atoms with Crippen LogP contribution in [0.2, 0.25) is 0 Å². The molecule has 0 radical (unpaired) electrons. The third-order valence-corrected chi connectivity index (χ3v) is 13.8. The highest BCUT2D eigenvalue weighted by Gasteiger charge is 2.80. The van der Waals surface area contributed by atoms with Crippen LogP contribution < -0.4 is 0 Å². The Morgan fingerprint density at radius 2 is 1.65 bits per heavy atom. The van der Waals surface area contributed by atoms with Gasteiger partial charge in [0.2, 0.25) is 0 Å². The van der Waals surface area contributed by atoms with Crippen LogP contribution >= 0.6 is 0 Å². The molecule has 5 nitrogen and oxygen atoms in total. The maximum atomic E-state index is 12.6. The van der Waals surface area contributed by atoms with E-state index < -0.39 is 11.7 Å². The Bertz CT molecular complexity index is 965. The smallest absolute Gasteiger partial charge is 0.309 e. The predicted octanol–water partition coefficient (Wildman–Crippen LogP) is 5.65. The fourth-order valence-electron chi connectivity index (χ4n) is 11.7. The van der Waals surface area contributed by atoms with Crippen LogP contribution in [0.15, 0.2) is 0 Å². The van der Waals surface area contributed by atoms with Crippen LogP contribution in [0, 0.1) is 51.2 Å². The summed E-state index contributed by atoms with van der Waals surface area (Å²) in [6.07, 6.45) is 13.1. The van der Waals surface area contributed by atoms with E-state index in [9.17, 15) is 15.0 Å². The van der Waals surface area contributed by atoms with Crippen molar-refractivity contribution in [3.63, 3.8) is 0 Å². The van der Waals surface area contributed by atoms with Crippen LogP contribution in [0.5, 0.6) is 0 Å². The summed E-state index contributed by atoms with van der Waals surface area (Å²) in [6, 6.07) is 0. The molecule has 0 aromatic heterocycles. The van der Waals surface area contributed by atoms with Gasteiger partial charge in [0.25, 0.3) is 0 Å². The minimum absolute atomic E-state index is 0.0255. The first-order valence-corrected chi connectivity index (χ1v) is 15.6. The van der Waals surface area contributed by atoms with Gasteiger partial charge in [-0.2, -0.15) is 0 Å². The number of ether oxygens (including phenoxy) is 2. The van der Waals surface area contributed by atoms with Crippen molar-refractivity contribution in [1.82, 2.24) is 0 Å². The van der Waals surface area contributed by atoms with Crippen molar-refractivity contribution < 1.29 is 24.5 Å². The largest absolute Gasteiger partial charge is 0.456 e. The van der Waals surface area contributed by atoms with E-state index in [4.69, 9.17) is 9.47 Å². The van der Waals surface area contributed by atoms with Crippen LogP contribution in [0.1, 0.15) is 112 Å². The van der Waals surface area contributed by atoms with E-state index in [2.05, 4.69) is 20.8 Å². The molecule has 11 atom stereocenters. The molecule has 1 saturated heterocycles. The molecule has 0 amide bonds. The van der Waals surface area contributed by atoms with E-state index in [1.807, 2.05) is 0 Å². The number of rotatable bonds is 4. The number of carbonyl (C=O) groups is 1. The lowest BCUT2D eigenvalue weighted by Gasteiger charge is -2.59. The van der Waals surface area contributed by atoms with Gasteiger partial charge in [-0.1, -0.05) is 20.8 Å². The second kappa shape index (κ2) is 7.75. The first kappa shape index (κ1) is 25.3. The van der Waals surface area contributed by atoms with Gasteiger partial charge < -0.3 is 19.7 Å². The lowest BCUT2D eigenvalue weighted by atomic mass is 9.46. The van der Waals surface area contributed by atoms with Crippen LogP contribution in [0.3, 0.4) is 0 Å². The summed E-state index contributed by atoms with van der Waals surface area (Å²) >= 11 is 0. The number of hydrogen-bond donors (Lipinski definition) is 2. The fraction of sp³-hybridized carbons (Fsp3) is 0.969. The summed E-state index contributed by atoms with van der Waals surface area (Å²) in [4.78, 5) is 12.6. The minimum Gasteiger partial charge on any atom is -0.456 e. The Morgan fingerprint density at radius 1 is 0.919 bits per heavy atom. The third kappa shape index (κ3) is 3.35. The quantitative estimate of drug-likeness (QED) is 0.475. The zero-order chi connectivity index (χ0) is 26.2. The summed E-state index contributed by atoms with van der Waals surface area (Å²) in [7, 11) is 0. The normalized spacial score (nSPS) is 52.6. The standard InChI is InChI=1S/C32H50O5/c1-28(2)24-11-9-19-21-16-23-20(30(21,5)14-15-31(19)17-32(24,31)13-12-25(28)33)8-10-22(36-23)26(29(3,4)35)37-27(34)18-6-7-18/h18-26,33,35H,6-17H2,1-5H3/t19?,20?,21?,22?,23?,24?,25-,26-,30?,31?,32+/m0/s1. The van der Waals surface area contributed by atoms with Crippen molar-refractivity contribution in [2.45, 2.75) is 142 Å². The molecule has 208 valence electrons. The van der Waals surface area contributed by atoms with E-state index in [0.29, 0.717) is 34.0 Å². The molecule has 2 N–H and O–H groups in total. The topological polar surface area (TPSA) is 76.0 Å². The van der Waals surface area contributed by atoms with Crippen molar-refractivity contribution in [2.24, 2.45) is 51.2 Å². The Balaban J connectivity index is 1.12. The lowest BCUT2D eigenvalue weighted by Crippen LogP contribution is -2.54. The van der Waals surface area contributed by atoms with Gasteiger partial charge in [-0.25, -0.2) is 0 Å². The van der Waals surface area contributed by atoms with E-state index in [1.165, 1.54) is 38.5 Å². The monoisotopic (exact) mass is 514 g/mol. The first-order valence-electron chi connectivity index (χ1n) is 15.6. The molecule has 8 unspecified atom stereocenters. The number of carbonyl (C=O) groups excluding carboxylic acids is 1. The third-order valence-electron chi connectivity index (χ3n) is 13.8. The zero-order valence-corrected chi connectivity index (χ0v) is 23.8. The average molecular weight is 515 g/mol. The molecular formula is C32H50O5. The highest BCUT2D eigenvalue weighted by Crippen LogP contribution is 2.87. The van der Waals surface area contributed by atoms with E-state index in [1.54, 1.807) is 13.8 Å². The molecule has 7 aliphatic rings. The molecule has 0 bridgehead atoms. The molecule has 1 heterocycles. The summed E-state index contributed by atoms with van der Waals surface area (Å²) in [5.74, 6) is 2.62. The molecule has 37 heavy (non-hydrogen) atoms. The maximum Gasteiger partial charge on any atom is 0.309 e. The lowest BCUT2D eigenvalue weighted by molar-refractivity contribution is -0.202. The fourth-order valence-corrected chi connectivity index (χ4v) is 11.7. The van der Waals surface area contributed by atoms with Crippen LogP contribution in [-0.2, 0) is 14.3 Å². The zero-order valence-electron chi connectivity index (χ0n) is 23.8. The van der Waals surface area contributed by atoms with Gasteiger partial charge >= 0.3 is 5.97 Å². The summed E-state index contributed by atoms with van der Waals surface area (Å²) in [5.41, 5.74) is 0.233. The van der Waals surface area contributed by atoms with Gasteiger partial charge in [0, 0.05) is 0 Å². The number of hydrogen-bond acceptors (Lipinski definition) is 5. The van der Waals surface area contributed by atoms with E-state index in [-0.39, 0.29) is 35.6 Å². The molecule has 0 aromatic carbocycles. The van der Waals surface area contributed by atoms with Gasteiger partial charge in [0.1, 0.15) is 0 Å². The van der Waals surface area contributed by atoms with Gasteiger partial charge in [0.15, 0.2) is 6.10 Å². The second-order valence-electron chi connectivity index (χ2n) is 16.1. The highest BCUT2D eigenvalue weighted by molar-refractivity contribution is 5.75. The Kier molecular flexibility index (Phi) is 5.31. The van der Waals surface area contributed by atoms with Crippen molar-refractivity contribution in [2.75, 3.05) is 0 Å². The van der Waals surface area contributed by atoms with Crippen molar-refractivity contribution in [1.29, 1.82) is 0 Å². The number of aliphatic hydroxyl groups is 2. The van der Waals surface area contributed by atoms with Crippen LogP contribution in [0.4, 0.5) is 0 Å². The molecule has 0 aromatic rings. The summed E-state index contributed by atoms with van der Waals surface area (Å²) in [5, 5.41) is 21.9. The Morgan fingerprint density at radius 3 is 2.35 bits per heavy atom. The van der Waals surface area contributed by atoms with Crippen LogP contribution in [-0.4, -0.2) is 46.2 Å². The molecular weight excluding hydrogens is 464 g/mol. The molecule has 7 fully saturated rings. The molecule has 1 aliphatic heterocycles.